The van der Waals surface area contributed by atoms with Gasteiger partial charge >= 0.3 is 0 Å². The van der Waals surface area contributed by atoms with E-state index in [2.05, 4.69) is 22.7 Å². The molecule has 0 spiro atoms. The molecule has 0 aliphatic carbocycles. The first-order valence-electron chi connectivity index (χ1n) is 7.93. The molecule has 0 fully saturated rings. The van der Waals surface area contributed by atoms with Crippen molar-refractivity contribution in [3.63, 3.8) is 0 Å². The smallest absolute Gasteiger partial charge is 0.271 e. The normalized spacial score (nSPS) is 11.2. The number of carbonyl (C=O) groups excluding carboxylic acids is 1. The Morgan fingerprint density at radius 1 is 0.800 bits per heavy atom. The third-order valence-electron chi connectivity index (χ3n) is 3.86. The number of hydrogen-bond donors (Lipinski definition) is 2. The molecular weight excluding hydrogens is 312 g/mol. The van der Waals surface area contributed by atoms with Gasteiger partial charge in [-0.15, -0.1) is 0 Å². The van der Waals surface area contributed by atoms with E-state index < -0.39 is 0 Å². The zero-order valence-corrected chi connectivity index (χ0v) is 13.8. The molecule has 124 valence electrons. The van der Waals surface area contributed by atoms with Gasteiger partial charge in [0.2, 0.25) is 0 Å². The summed E-state index contributed by atoms with van der Waals surface area (Å²) in [6.07, 6.45) is 0. The minimum atomic E-state index is -0.319. The largest absolute Gasteiger partial charge is 0.508 e. The first-order valence-corrected chi connectivity index (χ1v) is 7.93. The second kappa shape index (κ2) is 7.45. The summed E-state index contributed by atoms with van der Waals surface area (Å²) < 4.78 is 0. The van der Waals surface area contributed by atoms with Crippen LogP contribution in [0.2, 0.25) is 0 Å². The van der Waals surface area contributed by atoms with Crippen molar-refractivity contribution in [2.45, 2.75) is 6.92 Å². The Bertz CT molecular complexity index is 883. The number of hydrazone groups is 1. The van der Waals surface area contributed by atoms with Crippen molar-refractivity contribution in [3.05, 3.63) is 90.0 Å². The maximum absolute atomic E-state index is 12.0. The molecule has 3 aromatic carbocycles. The van der Waals surface area contributed by atoms with Gasteiger partial charge in [0.1, 0.15) is 5.75 Å². The third-order valence-corrected chi connectivity index (χ3v) is 3.86. The van der Waals surface area contributed by atoms with Crippen molar-refractivity contribution in [3.8, 4) is 16.9 Å². The fourth-order valence-electron chi connectivity index (χ4n) is 2.41. The van der Waals surface area contributed by atoms with E-state index in [9.17, 15) is 9.90 Å². The van der Waals surface area contributed by atoms with Crippen LogP contribution in [-0.4, -0.2) is 16.7 Å². The molecule has 0 bridgehead atoms. The van der Waals surface area contributed by atoms with Gasteiger partial charge in [0, 0.05) is 5.56 Å². The van der Waals surface area contributed by atoms with E-state index in [0.717, 1.165) is 16.7 Å². The van der Waals surface area contributed by atoms with E-state index in [-0.39, 0.29) is 11.7 Å². The SMILES string of the molecule is CC(=NNC(=O)c1ccc(O)cc1)c1ccc(-c2ccccc2)cc1. The van der Waals surface area contributed by atoms with Gasteiger partial charge in [-0.1, -0.05) is 54.6 Å². The molecule has 2 N–H and O–H groups in total. The maximum Gasteiger partial charge on any atom is 0.271 e. The van der Waals surface area contributed by atoms with Gasteiger partial charge in [-0.2, -0.15) is 5.10 Å². The lowest BCUT2D eigenvalue weighted by Gasteiger charge is -2.05. The fraction of sp³-hybridized carbons (Fsp3) is 0.0476. The second-order valence-corrected chi connectivity index (χ2v) is 5.63. The molecule has 0 aliphatic rings. The lowest BCUT2D eigenvalue weighted by molar-refractivity contribution is 0.0955. The summed E-state index contributed by atoms with van der Waals surface area (Å²) in [5.74, 6) is -0.199. The molecular formula is C21H18N2O2. The summed E-state index contributed by atoms with van der Waals surface area (Å²) in [7, 11) is 0. The van der Waals surface area contributed by atoms with E-state index in [1.807, 2.05) is 49.4 Å². The molecule has 4 nitrogen and oxygen atoms in total. The third kappa shape index (κ3) is 4.12. The standard InChI is InChI=1S/C21H18N2O2/c1-15(22-23-21(25)19-11-13-20(24)14-12-19)16-7-9-18(10-8-16)17-5-3-2-4-6-17/h2-14,24H,1H3,(H,23,25). The van der Waals surface area contributed by atoms with Crippen LogP contribution >= 0.6 is 0 Å². The van der Waals surface area contributed by atoms with E-state index in [1.54, 1.807) is 12.1 Å². The Morgan fingerprint density at radius 2 is 1.36 bits per heavy atom. The van der Waals surface area contributed by atoms with Crippen molar-refractivity contribution in [2.24, 2.45) is 5.10 Å². The average molecular weight is 330 g/mol. The quantitative estimate of drug-likeness (QED) is 0.556. The Balaban J connectivity index is 1.70. The summed E-state index contributed by atoms with van der Waals surface area (Å²) in [6.45, 7) is 1.84. The Morgan fingerprint density at radius 3 is 2.00 bits per heavy atom. The van der Waals surface area contributed by atoms with Crippen LogP contribution in [0.15, 0.2) is 84.0 Å². The molecule has 3 aromatic rings. The lowest BCUT2D eigenvalue weighted by Crippen LogP contribution is -2.19. The van der Waals surface area contributed by atoms with E-state index in [0.29, 0.717) is 11.3 Å². The highest BCUT2D eigenvalue weighted by Crippen LogP contribution is 2.19. The van der Waals surface area contributed by atoms with Crippen molar-refractivity contribution < 1.29 is 9.90 Å². The monoisotopic (exact) mass is 330 g/mol. The van der Waals surface area contributed by atoms with E-state index in [1.165, 1.54) is 12.1 Å². The van der Waals surface area contributed by atoms with Gasteiger partial charge in [0.25, 0.3) is 5.91 Å². The van der Waals surface area contributed by atoms with E-state index in [4.69, 9.17) is 0 Å². The Labute approximate surface area is 146 Å². The predicted octanol–water partition coefficient (Wildman–Crippen LogP) is 4.21. The van der Waals surface area contributed by atoms with Crippen molar-refractivity contribution in [1.29, 1.82) is 0 Å². The van der Waals surface area contributed by atoms with Crippen LogP contribution in [0.5, 0.6) is 5.75 Å². The number of nitrogens with one attached hydrogen (secondary N) is 1. The van der Waals surface area contributed by atoms with Crippen molar-refractivity contribution >= 4 is 11.6 Å². The van der Waals surface area contributed by atoms with Crippen LogP contribution in [0.1, 0.15) is 22.8 Å². The Kier molecular flexibility index (Phi) is 4.90. The number of hydrogen-bond acceptors (Lipinski definition) is 3. The van der Waals surface area contributed by atoms with Gasteiger partial charge in [0.15, 0.2) is 0 Å². The minimum absolute atomic E-state index is 0.120. The molecule has 0 aromatic heterocycles. The van der Waals surface area contributed by atoms with Crippen LogP contribution in [0.25, 0.3) is 11.1 Å². The van der Waals surface area contributed by atoms with E-state index >= 15 is 0 Å². The number of nitrogens with zero attached hydrogens (tertiary/aromatic N) is 1. The summed E-state index contributed by atoms with van der Waals surface area (Å²) in [6, 6.07) is 24.2. The lowest BCUT2D eigenvalue weighted by atomic mass is 10.0. The summed E-state index contributed by atoms with van der Waals surface area (Å²) in [5.41, 5.74) is 6.91. The van der Waals surface area contributed by atoms with Gasteiger partial charge in [-0.3, -0.25) is 4.79 Å². The fourth-order valence-corrected chi connectivity index (χ4v) is 2.41. The number of phenolic OH excluding ortho intramolecular Hbond substituents is 1. The molecule has 0 unspecified atom stereocenters. The van der Waals surface area contributed by atoms with Gasteiger partial charge in [0.05, 0.1) is 5.71 Å². The van der Waals surface area contributed by atoms with Gasteiger partial charge < -0.3 is 5.11 Å². The van der Waals surface area contributed by atoms with Crippen LogP contribution in [-0.2, 0) is 0 Å². The van der Waals surface area contributed by atoms with Gasteiger partial charge in [-0.05, 0) is 47.9 Å². The van der Waals surface area contributed by atoms with Crippen LogP contribution in [0.4, 0.5) is 0 Å². The highest BCUT2D eigenvalue weighted by atomic mass is 16.3. The first-order chi connectivity index (χ1) is 12.1. The Hall–Kier alpha value is -3.40. The number of amides is 1. The summed E-state index contributed by atoms with van der Waals surface area (Å²) in [5, 5.41) is 13.4. The van der Waals surface area contributed by atoms with Crippen molar-refractivity contribution in [2.75, 3.05) is 0 Å². The van der Waals surface area contributed by atoms with Crippen LogP contribution in [0.3, 0.4) is 0 Å². The number of aromatic hydroxyl groups is 1. The molecule has 0 heterocycles. The molecule has 3 rings (SSSR count). The number of rotatable bonds is 4. The van der Waals surface area contributed by atoms with Gasteiger partial charge in [-0.25, -0.2) is 5.43 Å². The molecule has 0 saturated carbocycles. The maximum atomic E-state index is 12.0. The zero-order valence-electron chi connectivity index (χ0n) is 13.8. The molecule has 0 aliphatic heterocycles. The number of benzene rings is 3. The minimum Gasteiger partial charge on any atom is -0.508 e. The molecule has 0 radical (unpaired) electrons. The molecule has 0 saturated heterocycles. The summed E-state index contributed by atoms with van der Waals surface area (Å²) >= 11 is 0. The highest BCUT2D eigenvalue weighted by molar-refractivity contribution is 6.01. The molecule has 25 heavy (non-hydrogen) atoms. The molecule has 4 heteroatoms. The van der Waals surface area contributed by atoms with Crippen LogP contribution in [0, 0.1) is 0 Å². The summed E-state index contributed by atoms with van der Waals surface area (Å²) in [4.78, 5) is 12.0. The molecule has 0 atom stereocenters. The van der Waals surface area contributed by atoms with Crippen molar-refractivity contribution in [1.82, 2.24) is 5.43 Å². The number of carbonyl (C=O) groups is 1. The van der Waals surface area contributed by atoms with Crippen LogP contribution < -0.4 is 5.43 Å². The predicted molar refractivity (Wildman–Crippen MR) is 99.7 cm³/mol. The number of phenols is 1. The first kappa shape index (κ1) is 16.5. The highest BCUT2D eigenvalue weighted by Gasteiger charge is 2.05. The second-order valence-electron chi connectivity index (χ2n) is 5.63. The average Bonchev–Trinajstić information content (AvgIpc) is 2.67. The topological polar surface area (TPSA) is 61.7 Å². The zero-order chi connectivity index (χ0) is 17.6. The molecule has 1 amide bonds.